The number of ether oxygens (including phenoxy) is 1. The summed E-state index contributed by atoms with van der Waals surface area (Å²) >= 11 is 4.60. The smallest absolute Gasteiger partial charge is 0.331 e. The second kappa shape index (κ2) is 7.33. The van der Waals surface area contributed by atoms with Crippen LogP contribution in [0.1, 0.15) is 20.8 Å². The first-order valence-electron chi connectivity index (χ1n) is 6.24. The van der Waals surface area contributed by atoms with Crippen LogP contribution < -0.4 is 0 Å². The zero-order valence-corrected chi connectivity index (χ0v) is 13.7. The van der Waals surface area contributed by atoms with Crippen LogP contribution in [0.5, 0.6) is 0 Å². The Morgan fingerprint density at radius 1 is 1.19 bits per heavy atom. The highest BCUT2D eigenvalue weighted by Crippen LogP contribution is 2.22. The molecule has 0 spiro atoms. The molecule has 0 aliphatic heterocycles. The standard InChI is InChI=1S/C16H13BrO3S/c1-11-2-4-12(5-3-11)6-9-16(19)20-10-13(18)14-7-8-15(17)21-14/h2-9H,10H2,1H3/b9-6+. The lowest BCUT2D eigenvalue weighted by atomic mass is 10.1. The van der Waals surface area contributed by atoms with E-state index in [1.54, 1.807) is 18.2 Å². The SMILES string of the molecule is Cc1ccc(/C=C/C(=O)OCC(=O)c2ccc(Br)s2)cc1. The molecule has 0 amide bonds. The highest BCUT2D eigenvalue weighted by atomic mass is 79.9. The van der Waals surface area contributed by atoms with E-state index in [1.165, 1.54) is 17.4 Å². The zero-order valence-electron chi connectivity index (χ0n) is 11.3. The predicted octanol–water partition coefficient (Wildman–Crippen LogP) is 4.26. The average Bonchev–Trinajstić information content (AvgIpc) is 2.91. The molecule has 1 aromatic heterocycles. The van der Waals surface area contributed by atoms with E-state index in [2.05, 4.69) is 15.9 Å². The minimum absolute atomic E-state index is 0.206. The van der Waals surface area contributed by atoms with Crippen molar-refractivity contribution >= 4 is 45.1 Å². The molecule has 108 valence electrons. The number of benzene rings is 1. The van der Waals surface area contributed by atoms with Gasteiger partial charge in [0.2, 0.25) is 5.78 Å². The fourth-order valence-electron chi connectivity index (χ4n) is 1.56. The molecule has 0 saturated heterocycles. The number of carbonyl (C=O) groups is 2. The van der Waals surface area contributed by atoms with Crippen molar-refractivity contribution in [3.63, 3.8) is 0 Å². The molecule has 2 aromatic rings. The summed E-state index contributed by atoms with van der Waals surface area (Å²) in [7, 11) is 0. The molecule has 0 aliphatic carbocycles. The van der Waals surface area contributed by atoms with Crippen molar-refractivity contribution in [1.82, 2.24) is 0 Å². The molecule has 2 rings (SSSR count). The van der Waals surface area contributed by atoms with Crippen LogP contribution in [0.2, 0.25) is 0 Å². The molecule has 0 saturated carbocycles. The van der Waals surface area contributed by atoms with Crippen molar-refractivity contribution in [2.45, 2.75) is 6.92 Å². The number of esters is 1. The third kappa shape index (κ3) is 4.95. The minimum Gasteiger partial charge on any atom is -0.454 e. The second-order valence-electron chi connectivity index (χ2n) is 4.38. The average molecular weight is 365 g/mol. The number of thiophene rings is 1. The van der Waals surface area contributed by atoms with Crippen LogP contribution >= 0.6 is 27.3 Å². The molecular formula is C16H13BrO3S. The van der Waals surface area contributed by atoms with Crippen molar-refractivity contribution in [3.05, 3.63) is 62.3 Å². The lowest BCUT2D eigenvalue weighted by molar-refractivity contribution is -0.136. The topological polar surface area (TPSA) is 43.4 Å². The molecule has 1 aromatic carbocycles. The van der Waals surface area contributed by atoms with Gasteiger partial charge in [0.05, 0.1) is 8.66 Å². The van der Waals surface area contributed by atoms with Gasteiger partial charge in [0.25, 0.3) is 0 Å². The summed E-state index contributed by atoms with van der Waals surface area (Å²) in [6.45, 7) is 1.75. The van der Waals surface area contributed by atoms with E-state index in [0.717, 1.165) is 14.9 Å². The molecule has 3 nitrogen and oxygen atoms in total. The fraction of sp³-hybridized carbons (Fsp3) is 0.125. The van der Waals surface area contributed by atoms with E-state index >= 15 is 0 Å². The summed E-state index contributed by atoms with van der Waals surface area (Å²) in [5.74, 6) is -0.734. The molecule has 5 heteroatoms. The number of hydrogen-bond donors (Lipinski definition) is 0. The molecule has 0 radical (unpaired) electrons. The van der Waals surface area contributed by atoms with Crippen LogP contribution in [0.3, 0.4) is 0 Å². The van der Waals surface area contributed by atoms with E-state index in [4.69, 9.17) is 4.74 Å². The van der Waals surface area contributed by atoms with Crippen molar-refractivity contribution < 1.29 is 14.3 Å². The van der Waals surface area contributed by atoms with Gasteiger partial charge in [-0.05, 0) is 46.6 Å². The van der Waals surface area contributed by atoms with Crippen LogP contribution in [-0.4, -0.2) is 18.4 Å². The largest absolute Gasteiger partial charge is 0.454 e. The third-order valence-corrected chi connectivity index (χ3v) is 4.35. The highest BCUT2D eigenvalue weighted by molar-refractivity contribution is 9.11. The molecule has 0 N–H and O–H groups in total. The van der Waals surface area contributed by atoms with Crippen molar-refractivity contribution in [2.24, 2.45) is 0 Å². The molecule has 1 heterocycles. The highest BCUT2D eigenvalue weighted by Gasteiger charge is 2.10. The number of hydrogen-bond acceptors (Lipinski definition) is 4. The van der Waals surface area contributed by atoms with Crippen molar-refractivity contribution in [3.8, 4) is 0 Å². The van der Waals surface area contributed by atoms with Crippen LogP contribution in [0.25, 0.3) is 6.08 Å². The van der Waals surface area contributed by atoms with Gasteiger partial charge in [0, 0.05) is 6.08 Å². The van der Waals surface area contributed by atoms with Crippen LogP contribution in [-0.2, 0) is 9.53 Å². The maximum atomic E-state index is 11.8. The molecule has 0 bridgehead atoms. The second-order valence-corrected chi connectivity index (χ2v) is 6.84. The summed E-state index contributed by atoms with van der Waals surface area (Å²) in [4.78, 5) is 23.9. The predicted molar refractivity (Wildman–Crippen MR) is 87.5 cm³/mol. The van der Waals surface area contributed by atoms with Crippen LogP contribution in [0.4, 0.5) is 0 Å². The number of Topliss-reactive ketones (excluding diaryl/α,β-unsaturated/α-hetero) is 1. The van der Waals surface area contributed by atoms with E-state index in [1.807, 2.05) is 31.2 Å². The zero-order chi connectivity index (χ0) is 15.2. The number of aryl methyl sites for hydroxylation is 1. The third-order valence-electron chi connectivity index (χ3n) is 2.68. The first-order valence-corrected chi connectivity index (χ1v) is 7.85. The molecular weight excluding hydrogens is 352 g/mol. The minimum atomic E-state index is -0.528. The Kier molecular flexibility index (Phi) is 5.47. The van der Waals surface area contributed by atoms with Gasteiger partial charge < -0.3 is 4.74 Å². The lowest BCUT2D eigenvalue weighted by Gasteiger charge is -1.99. The molecule has 0 atom stereocenters. The number of halogens is 1. The van der Waals surface area contributed by atoms with E-state index < -0.39 is 5.97 Å². The summed E-state index contributed by atoms with van der Waals surface area (Å²) in [5.41, 5.74) is 2.06. The van der Waals surface area contributed by atoms with E-state index in [9.17, 15) is 9.59 Å². The van der Waals surface area contributed by atoms with E-state index in [-0.39, 0.29) is 12.4 Å². The van der Waals surface area contributed by atoms with Crippen LogP contribution in [0.15, 0.2) is 46.3 Å². The lowest BCUT2D eigenvalue weighted by Crippen LogP contribution is -2.11. The normalized spacial score (nSPS) is 10.8. The molecule has 0 fully saturated rings. The first kappa shape index (κ1) is 15.7. The fourth-order valence-corrected chi connectivity index (χ4v) is 2.87. The Balaban J connectivity index is 1.84. The van der Waals surface area contributed by atoms with Crippen molar-refractivity contribution in [2.75, 3.05) is 6.61 Å². The van der Waals surface area contributed by atoms with E-state index in [0.29, 0.717) is 4.88 Å². The quantitative estimate of drug-likeness (QED) is 0.452. The van der Waals surface area contributed by atoms with Gasteiger partial charge in [0.15, 0.2) is 6.61 Å². The molecule has 21 heavy (non-hydrogen) atoms. The van der Waals surface area contributed by atoms with Gasteiger partial charge in [-0.3, -0.25) is 4.79 Å². The summed E-state index contributed by atoms with van der Waals surface area (Å²) in [6, 6.07) is 11.2. The Morgan fingerprint density at radius 3 is 2.52 bits per heavy atom. The van der Waals surface area contributed by atoms with Crippen molar-refractivity contribution in [1.29, 1.82) is 0 Å². The number of ketones is 1. The Labute approximate surface area is 135 Å². The van der Waals surface area contributed by atoms with Gasteiger partial charge in [0.1, 0.15) is 0 Å². The maximum Gasteiger partial charge on any atom is 0.331 e. The van der Waals surface area contributed by atoms with Gasteiger partial charge in [-0.25, -0.2) is 4.79 Å². The summed E-state index contributed by atoms with van der Waals surface area (Å²) < 4.78 is 5.80. The Morgan fingerprint density at radius 2 is 1.90 bits per heavy atom. The number of rotatable bonds is 5. The molecule has 0 aliphatic rings. The molecule has 0 unspecified atom stereocenters. The summed E-state index contributed by atoms with van der Waals surface area (Å²) in [5, 5.41) is 0. The maximum absolute atomic E-state index is 11.8. The monoisotopic (exact) mass is 364 g/mol. The number of carbonyl (C=O) groups excluding carboxylic acids is 2. The van der Waals surface area contributed by atoms with Gasteiger partial charge in [-0.1, -0.05) is 29.8 Å². The first-order chi connectivity index (χ1) is 10.0. The Hall–Kier alpha value is -1.72. The van der Waals surface area contributed by atoms with Gasteiger partial charge in [-0.15, -0.1) is 11.3 Å². The Bertz CT molecular complexity index is 671. The van der Waals surface area contributed by atoms with Gasteiger partial charge in [-0.2, -0.15) is 0 Å². The summed E-state index contributed by atoms with van der Waals surface area (Å²) in [6.07, 6.45) is 2.98. The van der Waals surface area contributed by atoms with Crippen LogP contribution in [0, 0.1) is 6.92 Å². The van der Waals surface area contributed by atoms with Gasteiger partial charge >= 0.3 is 5.97 Å².